The molecule has 2 heteroatoms. The van der Waals surface area contributed by atoms with E-state index < -0.39 is 0 Å². The molecule has 0 amide bonds. The van der Waals surface area contributed by atoms with Gasteiger partial charge >= 0.3 is 0 Å². The molecule has 0 aliphatic rings. The molecule has 1 aromatic carbocycles. The van der Waals surface area contributed by atoms with Crippen molar-refractivity contribution in [2.45, 2.75) is 91.9 Å². The summed E-state index contributed by atoms with van der Waals surface area (Å²) in [7, 11) is 0. The van der Waals surface area contributed by atoms with Gasteiger partial charge in [0.2, 0.25) is 0 Å². The molecular formula is C20H38N2. The van der Waals surface area contributed by atoms with Crippen LogP contribution in [0.2, 0.25) is 0 Å². The molecule has 0 bridgehead atoms. The first-order valence-corrected chi connectivity index (χ1v) is 9.15. The highest BCUT2D eigenvalue weighted by Crippen LogP contribution is 2.21. The van der Waals surface area contributed by atoms with Crippen LogP contribution in [-0.2, 0) is 0 Å². The van der Waals surface area contributed by atoms with E-state index in [1.807, 2.05) is 26.0 Å². The summed E-state index contributed by atoms with van der Waals surface area (Å²) >= 11 is 0. The zero-order chi connectivity index (χ0) is 16.8. The van der Waals surface area contributed by atoms with Crippen molar-refractivity contribution < 1.29 is 0 Å². The van der Waals surface area contributed by atoms with E-state index in [0.717, 1.165) is 5.56 Å². The van der Waals surface area contributed by atoms with Crippen molar-refractivity contribution in [1.29, 1.82) is 0 Å². The van der Waals surface area contributed by atoms with Gasteiger partial charge in [-0.2, -0.15) is 0 Å². The Balaban J connectivity index is 0.000000406. The molecule has 0 aliphatic heterocycles. The molecule has 2 nitrogen and oxygen atoms in total. The van der Waals surface area contributed by atoms with Crippen molar-refractivity contribution >= 4 is 11.4 Å². The van der Waals surface area contributed by atoms with Gasteiger partial charge in [-0.15, -0.1) is 0 Å². The number of hydrogen-bond acceptors (Lipinski definition) is 2. The highest BCUT2D eigenvalue weighted by molar-refractivity contribution is 5.68. The van der Waals surface area contributed by atoms with E-state index in [4.69, 9.17) is 11.5 Å². The average molecular weight is 307 g/mol. The third-order valence-corrected chi connectivity index (χ3v) is 4.28. The summed E-state index contributed by atoms with van der Waals surface area (Å²) in [6.45, 7) is 8.55. The fourth-order valence-electron chi connectivity index (χ4n) is 2.42. The molecule has 0 aliphatic carbocycles. The molecular weight excluding hydrogens is 268 g/mol. The number of hydrogen-bond donors (Lipinski definition) is 2. The van der Waals surface area contributed by atoms with Gasteiger partial charge in [-0.3, -0.25) is 0 Å². The zero-order valence-corrected chi connectivity index (χ0v) is 15.4. The smallest absolute Gasteiger partial charge is 0.0580 e. The van der Waals surface area contributed by atoms with Crippen LogP contribution in [0.1, 0.15) is 89.2 Å². The molecule has 0 saturated carbocycles. The van der Waals surface area contributed by atoms with Crippen LogP contribution in [0.25, 0.3) is 0 Å². The SMILES string of the molecule is CCCCCCCCCCCC.Cc1ccc(N)c(N)c1C. The minimum absolute atomic E-state index is 0.670. The second-order valence-corrected chi connectivity index (χ2v) is 6.34. The molecule has 0 spiro atoms. The van der Waals surface area contributed by atoms with Crippen LogP contribution in [0.4, 0.5) is 11.4 Å². The summed E-state index contributed by atoms with van der Waals surface area (Å²) in [6, 6.07) is 3.80. The maximum Gasteiger partial charge on any atom is 0.0580 e. The maximum atomic E-state index is 5.66. The molecule has 0 aromatic heterocycles. The van der Waals surface area contributed by atoms with Gasteiger partial charge in [-0.1, -0.05) is 84.1 Å². The van der Waals surface area contributed by atoms with Gasteiger partial charge < -0.3 is 11.5 Å². The Bertz CT molecular complexity index is 349. The molecule has 0 atom stereocenters. The van der Waals surface area contributed by atoms with E-state index >= 15 is 0 Å². The minimum Gasteiger partial charge on any atom is -0.397 e. The topological polar surface area (TPSA) is 52.0 Å². The summed E-state index contributed by atoms with van der Waals surface area (Å²) in [5.41, 5.74) is 14.9. The molecule has 4 N–H and O–H groups in total. The van der Waals surface area contributed by atoms with Crippen molar-refractivity contribution in [3.05, 3.63) is 23.3 Å². The summed E-state index contributed by atoms with van der Waals surface area (Å²) in [5, 5.41) is 0. The molecule has 22 heavy (non-hydrogen) atoms. The number of rotatable bonds is 9. The summed E-state index contributed by atoms with van der Waals surface area (Å²) in [4.78, 5) is 0. The zero-order valence-electron chi connectivity index (χ0n) is 15.4. The van der Waals surface area contributed by atoms with E-state index in [9.17, 15) is 0 Å². The second-order valence-electron chi connectivity index (χ2n) is 6.34. The first kappa shape index (κ1) is 20.8. The van der Waals surface area contributed by atoms with Gasteiger partial charge in [-0.25, -0.2) is 0 Å². The molecule has 0 fully saturated rings. The van der Waals surface area contributed by atoms with Gasteiger partial charge in [0.25, 0.3) is 0 Å². The Labute approximate surface area is 138 Å². The van der Waals surface area contributed by atoms with Crippen LogP contribution < -0.4 is 11.5 Å². The lowest BCUT2D eigenvalue weighted by Gasteiger charge is -2.05. The van der Waals surface area contributed by atoms with Crippen LogP contribution >= 0.6 is 0 Å². The van der Waals surface area contributed by atoms with Crippen molar-refractivity contribution in [1.82, 2.24) is 0 Å². The first-order chi connectivity index (χ1) is 10.5. The predicted molar refractivity (Wildman–Crippen MR) is 102 cm³/mol. The molecule has 1 rings (SSSR count). The van der Waals surface area contributed by atoms with Crippen molar-refractivity contribution in [3.8, 4) is 0 Å². The van der Waals surface area contributed by atoms with Gasteiger partial charge in [-0.05, 0) is 31.0 Å². The molecule has 128 valence electrons. The minimum atomic E-state index is 0.670. The summed E-state index contributed by atoms with van der Waals surface area (Å²) in [5.74, 6) is 0. The number of nitrogens with two attached hydrogens (primary N) is 2. The quantitative estimate of drug-likeness (QED) is 0.410. The summed E-state index contributed by atoms with van der Waals surface area (Å²) in [6.07, 6.45) is 14.4. The monoisotopic (exact) mass is 306 g/mol. The van der Waals surface area contributed by atoms with E-state index in [1.54, 1.807) is 0 Å². The Hall–Kier alpha value is -1.18. The number of benzene rings is 1. The second kappa shape index (κ2) is 13.5. The largest absolute Gasteiger partial charge is 0.397 e. The van der Waals surface area contributed by atoms with Crippen LogP contribution in [0.5, 0.6) is 0 Å². The van der Waals surface area contributed by atoms with Crippen LogP contribution in [-0.4, -0.2) is 0 Å². The lowest BCUT2D eigenvalue weighted by Crippen LogP contribution is -1.98. The van der Waals surface area contributed by atoms with Crippen LogP contribution in [0.3, 0.4) is 0 Å². The number of aryl methyl sites for hydroxylation is 1. The standard InChI is InChI=1S/C12H26.C8H12N2/c1-3-5-7-9-11-12-10-8-6-4-2;1-5-3-4-7(9)8(10)6(5)2/h3-12H2,1-2H3;3-4H,9-10H2,1-2H3. The van der Waals surface area contributed by atoms with E-state index in [0.29, 0.717) is 11.4 Å². The lowest BCUT2D eigenvalue weighted by molar-refractivity contribution is 0.562. The van der Waals surface area contributed by atoms with E-state index in [-0.39, 0.29) is 0 Å². The van der Waals surface area contributed by atoms with Gasteiger partial charge in [0.15, 0.2) is 0 Å². The number of unbranched alkanes of at least 4 members (excludes halogenated alkanes) is 9. The Morgan fingerprint density at radius 2 is 1.09 bits per heavy atom. The molecule has 0 saturated heterocycles. The average Bonchev–Trinajstić information content (AvgIpc) is 2.52. The van der Waals surface area contributed by atoms with Crippen LogP contribution in [0.15, 0.2) is 12.1 Å². The number of anilines is 2. The van der Waals surface area contributed by atoms with Gasteiger partial charge in [0.1, 0.15) is 0 Å². The molecule has 0 unspecified atom stereocenters. The van der Waals surface area contributed by atoms with Gasteiger partial charge in [0, 0.05) is 0 Å². The third kappa shape index (κ3) is 9.70. The maximum absolute atomic E-state index is 5.66. The normalized spacial score (nSPS) is 10.2. The lowest BCUT2D eigenvalue weighted by atomic mass is 10.1. The van der Waals surface area contributed by atoms with Crippen molar-refractivity contribution in [2.24, 2.45) is 0 Å². The highest BCUT2D eigenvalue weighted by atomic mass is 14.7. The molecule has 1 aromatic rings. The Kier molecular flexibility index (Phi) is 12.8. The van der Waals surface area contributed by atoms with Crippen molar-refractivity contribution in [3.63, 3.8) is 0 Å². The highest BCUT2D eigenvalue weighted by Gasteiger charge is 1.99. The van der Waals surface area contributed by atoms with Crippen LogP contribution in [0, 0.1) is 13.8 Å². The van der Waals surface area contributed by atoms with E-state index in [2.05, 4.69) is 13.8 Å². The number of nitrogen functional groups attached to an aromatic ring is 2. The van der Waals surface area contributed by atoms with Crippen molar-refractivity contribution in [2.75, 3.05) is 11.5 Å². The Morgan fingerprint density at radius 1 is 0.682 bits per heavy atom. The fraction of sp³-hybridized carbons (Fsp3) is 0.700. The first-order valence-electron chi connectivity index (χ1n) is 9.15. The summed E-state index contributed by atoms with van der Waals surface area (Å²) < 4.78 is 0. The Morgan fingerprint density at radius 3 is 1.45 bits per heavy atom. The third-order valence-electron chi connectivity index (χ3n) is 4.28. The fourth-order valence-corrected chi connectivity index (χ4v) is 2.42. The molecule has 0 radical (unpaired) electrons. The van der Waals surface area contributed by atoms with E-state index in [1.165, 1.54) is 69.8 Å². The molecule has 0 heterocycles. The van der Waals surface area contributed by atoms with Gasteiger partial charge in [0.05, 0.1) is 11.4 Å². The predicted octanol–water partition coefficient (Wildman–Crippen LogP) is 6.40.